The van der Waals surface area contributed by atoms with E-state index in [4.69, 9.17) is 0 Å². The van der Waals surface area contributed by atoms with Crippen LogP contribution in [-0.2, 0) is 17.8 Å². The van der Waals surface area contributed by atoms with E-state index in [1.54, 1.807) is 0 Å². The van der Waals surface area contributed by atoms with Crippen molar-refractivity contribution in [2.75, 3.05) is 5.32 Å². The highest BCUT2D eigenvalue weighted by Crippen LogP contribution is 2.21. The number of pyridine rings is 1. The predicted octanol–water partition coefficient (Wildman–Crippen LogP) is 4.08. The summed E-state index contributed by atoms with van der Waals surface area (Å²) in [6, 6.07) is 12.3. The first-order valence-electron chi connectivity index (χ1n) is 8.54. The van der Waals surface area contributed by atoms with Crippen LogP contribution in [0.3, 0.4) is 0 Å². The number of anilines is 1. The summed E-state index contributed by atoms with van der Waals surface area (Å²) in [4.78, 5) is 12.1. The fourth-order valence-electron chi connectivity index (χ4n) is 2.80. The molecule has 2 rings (SSSR count). The number of hydrogen-bond donors (Lipinski definition) is 1. The zero-order valence-corrected chi connectivity index (χ0v) is 14.4. The second-order valence-electron chi connectivity index (χ2n) is 5.92. The normalized spacial score (nSPS) is 10.8. The summed E-state index contributed by atoms with van der Waals surface area (Å²) < 4.78 is 1.92. The monoisotopic (exact) mass is 311 g/mol. The Bertz CT molecular complexity index is 613. The third kappa shape index (κ3) is 4.92. The summed E-state index contributed by atoms with van der Waals surface area (Å²) in [5.74, 6) is 0.602. The van der Waals surface area contributed by atoms with Crippen molar-refractivity contribution in [3.63, 3.8) is 0 Å². The van der Waals surface area contributed by atoms with Crippen molar-refractivity contribution in [3.05, 3.63) is 59.9 Å². The molecule has 0 unspecified atom stereocenters. The molecule has 0 aliphatic heterocycles. The number of aryl methyl sites for hydroxylation is 1. The molecule has 1 amide bonds. The number of nitrogens with one attached hydrogen (secondary N) is 1. The minimum atomic E-state index is -0.00506. The number of aromatic nitrogens is 1. The molecule has 1 aromatic heterocycles. The van der Waals surface area contributed by atoms with Gasteiger partial charge in [-0.1, -0.05) is 32.9 Å². The van der Waals surface area contributed by atoms with Gasteiger partial charge < -0.3 is 5.32 Å². The van der Waals surface area contributed by atoms with E-state index < -0.39 is 0 Å². The molecule has 0 aliphatic carbocycles. The zero-order chi connectivity index (χ0) is 16.7. The van der Waals surface area contributed by atoms with E-state index in [1.807, 2.05) is 41.2 Å². The summed E-state index contributed by atoms with van der Waals surface area (Å²) in [6.45, 7) is 6.88. The minimum Gasteiger partial charge on any atom is -0.321 e. The maximum atomic E-state index is 12.1. The van der Waals surface area contributed by atoms with E-state index in [-0.39, 0.29) is 5.91 Å². The zero-order valence-electron chi connectivity index (χ0n) is 14.4. The van der Waals surface area contributed by atoms with Gasteiger partial charge in [0, 0.05) is 17.8 Å². The fraction of sp³-hybridized carbons (Fsp3) is 0.400. The van der Waals surface area contributed by atoms with Crippen LogP contribution in [-0.4, -0.2) is 5.91 Å². The molecular formula is C20H27N2O+. The number of amides is 1. The van der Waals surface area contributed by atoms with Crippen LogP contribution in [0.1, 0.15) is 50.7 Å². The SMILES string of the molecule is CCc1ccc(NC(=O)C[n+]2ccc(C(CC)CC)cc2)cc1. The maximum absolute atomic E-state index is 12.1. The van der Waals surface area contributed by atoms with Crippen molar-refractivity contribution >= 4 is 11.6 Å². The van der Waals surface area contributed by atoms with Crippen molar-refractivity contribution in [3.8, 4) is 0 Å². The Hall–Kier alpha value is -2.16. The van der Waals surface area contributed by atoms with Crippen LogP contribution in [0.4, 0.5) is 5.69 Å². The number of rotatable bonds is 7. The summed E-state index contributed by atoms with van der Waals surface area (Å²) in [5.41, 5.74) is 3.47. The highest BCUT2D eigenvalue weighted by Gasteiger charge is 2.12. The van der Waals surface area contributed by atoms with Gasteiger partial charge in [0.25, 0.3) is 5.91 Å². The number of nitrogens with zero attached hydrogens (tertiary/aromatic N) is 1. The standard InChI is InChI=1S/C20H26N2O/c1-4-16-7-9-19(10-8-16)21-20(23)15-22-13-11-18(12-14-22)17(5-2)6-3/h7-14,17H,4-6,15H2,1-3H3/p+1. The molecule has 122 valence electrons. The lowest BCUT2D eigenvalue weighted by molar-refractivity contribution is -0.684. The van der Waals surface area contributed by atoms with E-state index in [9.17, 15) is 4.79 Å². The molecule has 0 bridgehead atoms. The highest BCUT2D eigenvalue weighted by molar-refractivity contribution is 5.89. The quantitative estimate of drug-likeness (QED) is 0.768. The Morgan fingerprint density at radius 1 is 1.00 bits per heavy atom. The van der Waals surface area contributed by atoms with Crippen molar-refractivity contribution in [2.24, 2.45) is 0 Å². The molecule has 1 aromatic carbocycles. The average Bonchev–Trinajstić information content (AvgIpc) is 2.58. The second kappa shape index (κ2) is 8.47. The summed E-state index contributed by atoms with van der Waals surface area (Å²) in [7, 11) is 0. The lowest BCUT2D eigenvalue weighted by Crippen LogP contribution is -2.39. The molecule has 0 aliphatic rings. The van der Waals surface area contributed by atoms with Crippen molar-refractivity contribution in [1.82, 2.24) is 0 Å². The van der Waals surface area contributed by atoms with Gasteiger partial charge >= 0.3 is 0 Å². The van der Waals surface area contributed by atoms with Crippen LogP contribution in [0.2, 0.25) is 0 Å². The Kier molecular flexibility index (Phi) is 6.33. The smallest absolute Gasteiger partial charge is 0.290 e. The fourth-order valence-corrected chi connectivity index (χ4v) is 2.80. The minimum absolute atomic E-state index is 0.00506. The lowest BCUT2D eigenvalue weighted by Gasteiger charge is -2.11. The Balaban J connectivity index is 1.94. The summed E-state index contributed by atoms with van der Waals surface area (Å²) in [6.07, 6.45) is 7.29. The van der Waals surface area contributed by atoms with Crippen molar-refractivity contribution in [1.29, 1.82) is 0 Å². The molecule has 3 heteroatoms. The van der Waals surface area contributed by atoms with Gasteiger partial charge in [0.2, 0.25) is 6.54 Å². The maximum Gasteiger partial charge on any atom is 0.290 e. The molecule has 2 aromatic rings. The van der Waals surface area contributed by atoms with Crippen LogP contribution < -0.4 is 9.88 Å². The average molecular weight is 311 g/mol. The first kappa shape index (κ1) is 17.2. The molecule has 3 nitrogen and oxygen atoms in total. The van der Waals surface area contributed by atoms with Gasteiger partial charge in [-0.2, -0.15) is 4.57 Å². The molecule has 1 N–H and O–H groups in total. The molecule has 0 radical (unpaired) electrons. The topological polar surface area (TPSA) is 33.0 Å². The summed E-state index contributed by atoms with van der Waals surface area (Å²) in [5, 5.41) is 2.94. The number of carbonyl (C=O) groups is 1. The molecule has 1 heterocycles. The van der Waals surface area contributed by atoms with Gasteiger partial charge in [-0.15, -0.1) is 0 Å². The van der Waals surface area contributed by atoms with E-state index >= 15 is 0 Å². The molecule has 0 fully saturated rings. The largest absolute Gasteiger partial charge is 0.321 e. The molecule has 0 spiro atoms. The van der Waals surface area contributed by atoms with Crippen LogP contribution in [0.25, 0.3) is 0 Å². The van der Waals surface area contributed by atoms with E-state index in [0.29, 0.717) is 12.5 Å². The second-order valence-corrected chi connectivity index (χ2v) is 5.92. The molecule has 0 saturated carbocycles. The van der Waals surface area contributed by atoms with Gasteiger partial charge in [-0.3, -0.25) is 4.79 Å². The molecular weight excluding hydrogens is 284 g/mol. The van der Waals surface area contributed by atoms with Crippen LogP contribution >= 0.6 is 0 Å². The lowest BCUT2D eigenvalue weighted by atomic mass is 9.95. The van der Waals surface area contributed by atoms with Crippen molar-refractivity contribution in [2.45, 2.75) is 52.5 Å². The Labute approximate surface area is 139 Å². The molecule has 0 atom stereocenters. The molecule has 0 saturated heterocycles. The third-order valence-corrected chi connectivity index (χ3v) is 4.35. The van der Waals surface area contributed by atoms with Gasteiger partial charge in [-0.05, 0) is 48.4 Å². The predicted molar refractivity (Wildman–Crippen MR) is 94.4 cm³/mol. The first-order chi connectivity index (χ1) is 11.2. The van der Waals surface area contributed by atoms with E-state index in [1.165, 1.54) is 11.1 Å². The highest BCUT2D eigenvalue weighted by atomic mass is 16.1. The van der Waals surface area contributed by atoms with Gasteiger partial charge in [-0.25, -0.2) is 0 Å². The van der Waals surface area contributed by atoms with Gasteiger partial charge in [0.15, 0.2) is 12.4 Å². The van der Waals surface area contributed by atoms with Crippen molar-refractivity contribution < 1.29 is 9.36 Å². The Morgan fingerprint density at radius 3 is 2.13 bits per heavy atom. The first-order valence-corrected chi connectivity index (χ1v) is 8.54. The van der Waals surface area contributed by atoms with Gasteiger partial charge in [0.1, 0.15) is 0 Å². The number of hydrogen-bond acceptors (Lipinski definition) is 1. The molecule has 23 heavy (non-hydrogen) atoms. The van der Waals surface area contributed by atoms with E-state index in [2.05, 4.69) is 38.2 Å². The number of carbonyl (C=O) groups excluding carboxylic acids is 1. The number of benzene rings is 1. The Morgan fingerprint density at radius 2 is 1.61 bits per heavy atom. The summed E-state index contributed by atoms with van der Waals surface area (Å²) >= 11 is 0. The van der Waals surface area contributed by atoms with E-state index in [0.717, 1.165) is 24.9 Å². The third-order valence-electron chi connectivity index (χ3n) is 4.35. The van der Waals surface area contributed by atoms with Crippen LogP contribution in [0.15, 0.2) is 48.8 Å². The van der Waals surface area contributed by atoms with Crippen LogP contribution in [0.5, 0.6) is 0 Å². The van der Waals surface area contributed by atoms with Crippen LogP contribution in [0, 0.1) is 0 Å². The van der Waals surface area contributed by atoms with Gasteiger partial charge in [0.05, 0.1) is 0 Å².